The number of hydrogen-bond acceptors (Lipinski definition) is 3. The highest BCUT2D eigenvalue weighted by atomic mass is 127. The molecule has 0 amide bonds. The number of guanidine groups is 1. The number of rotatable bonds is 8. The number of ether oxygens (including phenoxy) is 2. The van der Waals surface area contributed by atoms with E-state index >= 15 is 0 Å². The van der Waals surface area contributed by atoms with E-state index in [2.05, 4.69) is 29.5 Å². The van der Waals surface area contributed by atoms with Crippen molar-refractivity contribution in [1.29, 1.82) is 0 Å². The van der Waals surface area contributed by atoms with Crippen LogP contribution in [-0.2, 0) is 9.47 Å². The van der Waals surface area contributed by atoms with Crippen molar-refractivity contribution in [2.45, 2.75) is 58.4 Å². The highest BCUT2D eigenvalue weighted by Crippen LogP contribution is 2.23. The smallest absolute Gasteiger partial charge is 0.191 e. The number of nitrogens with one attached hydrogen (secondary N) is 2. The van der Waals surface area contributed by atoms with E-state index in [0.29, 0.717) is 12.0 Å². The summed E-state index contributed by atoms with van der Waals surface area (Å²) in [7, 11) is 0. The van der Waals surface area contributed by atoms with Crippen molar-refractivity contribution in [3.8, 4) is 0 Å². The first-order chi connectivity index (χ1) is 11.3. The molecule has 1 saturated carbocycles. The molecular formula is C18H36IN3O2. The molecule has 2 N–H and O–H groups in total. The number of halogens is 1. The van der Waals surface area contributed by atoms with E-state index < -0.39 is 0 Å². The van der Waals surface area contributed by atoms with Gasteiger partial charge in [-0.05, 0) is 51.4 Å². The van der Waals surface area contributed by atoms with Gasteiger partial charge in [-0.3, -0.25) is 4.99 Å². The molecule has 5 nitrogen and oxygen atoms in total. The van der Waals surface area contributed by atoms with Crippen LogP contribution in [0.15, 0.2) is 4.99 Å². The molecule has 0 aromatic carbocycles. The molecule has 1 aliphatic carbocycles. The van der Waals surface area contributed by atoms with E-state index in [1.807, 2.05) is 0 Å². The van der Waals surface area contributed by atoms with E-state index in [4.69, 9.17) is 9.47 Å². The van der Waals surface area contributed by atoms with Crippen molar-refractivity contribution in [2.24, 2.45) is 16.8 Å². The Hall–Kier alpha value is -0.0800. The highest BCUT2D eigenvalue weighted by Gasteiger charge is 2.18. The van der Waals surface area contributed by atoms with E-state index in [9.17, 15) is 0 Å². The molecule has 1 atom stereocenters. The van der Waals surface area contributed by atoms with Gasteiger partial charge in [-0.15, -0.1) is 24.0 Å². The molecular weight excluding hydrogens is 417 g/mol. The first kappa shape index (κ1) is 22.0. The molecule has 0 aromatic heterocycles. The van der Waals surface area contributed by atoms with Crippen LogP contribution in [0, 0.1) is 11.8 Å². The van der Waals surface area contributed by atoms with Gasteiger partial charge in [0.1, 0.15) is 0 Å². The van der Waals surface area contributed by atoms with Gasteiger partial charge in [0.15, 0.2) is 5.96 Å². The van der Waals surface area contributed by atoms with Crippen LogP contribution in [0.2, 0.25) is 0 Å². The van der Waals surface area contributed by atoms with Gasteiger partial charge in [0.2, 0.25) is 0 Å². The van der Waals surface area contributed by atoms with Crippen LogP contribution in [0.4, 0.5) is 0 Å². The van der Waals surface area contributed by atoms with Gasteiger partial charge in [-0.1, -0.05) is 6.92 Å². The summed E-state index contributed by atoms with van der Waals surface area (Å²) in [5.41, 5.74) is 0. The fraction of sp³-hybridized carbons (Fsp3) is 0.944. The Balaban J connectivity index is 0.00000288. The molecule has 1 saturated heterocycles. The summed E-state index contributed by atoms with van der Waals surface area (Å²) >= 11 is 0. The van der Waals surface area contributed by atoms with Crippen molar-refractivity contribution in [3.05, 3.63) is 0 Å². The van der Waals surface area contributed by atoms with Crippen molar-refractivity contribution in [2.75, 3.05) is 39.5 Å². The monoisotopic (exact) mass is 453 g/mol. The molecule has 1 heterocycles. The first-order valence-corrected chi connectivity index (χ1v) is 9.48. The number of aliphatic imine (C=N–C) groups is 1. The fourth-order valence-electron chi connectivity index (χ4n) is 3.24. The molecule has 2 fully saturated rings. The maximum absolute atomic E-state index is 5.73. The minimum atomic E-state index is 0. The van der Waals surface area contributed by atoms with Crippen LogP contribution >= 0.6 is 24.0 Å². The average molecular weight is 453 g/mol. The third-order valence-electron chi connectivity index (χ3n) is 4.80. The van der Waals surface area contributed by atoms with Crippen LogP contribution in [0.5, 0.6) is 0 Å². The molecule has 0 spiro atoms. The predicted molar refractivity (Wildman–Crippen MR) is 110 cm³/mol. The Morgan fingerprint density at radius 2 is 2.00 bits per heavy atom. The molecule has 0 radical (unpaired) electrons. The van der Waals surface area contributed by atoms with Gasteiger partial charge >= 0.3 is 0 Å². The third-order valence-corrected chi connectivity index (χ3v) is 4.80. The minimum Gasteiger partial charge on any atom is -0.381 e. The van der Waals surface area contributed by atoms with E-state index in [1.165, 1.54) is 25.7 Å². The van der Waals surface area contributed by atoms with Gasteiger partial charge in [-0.2, -0.15) is 0 Å². The van der Waals surface area contributed by atoms with Gasteiger partial charge in [0, 0.05) is 38.3 Å². The Labute approximate surface area is 164 Å². The van der Waals surface area contributed by atoms with Crippen LogP contribution in [0.3, 0.4) is 0 Å². The Kier molecular flexibility index (Phi) is 12.0. The summed E-state index contributed by atoms with van der Waals surface area (Å²) in [6.07, 6.45) is 7.31. The van der Waals surface area contributed by atoms with Crippen LogP contribution < -0.4 is 10.6 Å². The van der Waals surface area contributed by atoms with E-state index in [-0.39, 0.29) is 24.0 Å². The summed E-state index contributed by atoms with van der Waals surface area (Å²) in [5, 5.41) is 6.95. The summed E-state index contributed by atoms with van der Waals surface area (Å²) in [6, 6.07) is 0.586. The zero-order chi connectivity index (χ0) is 16.3. The summed E-state index contributed by atoms with van der Waals surface area (Å²) in [6.45, 7) is 9.60. The van der Waals surface area contributed by atoms with Crippen molar-refractivity contribution in [1.82, 2.24) is 10.6 Å². The van der Waals surface area contributed by atoms with Crippen LogP contribution in [-0.4, -0.2) is 51.5 Å². The average Bonchev–Trinajstić information content (AvgIpc) is 3.06. The molecule has 6 heteroatoms. The minimum absolute atomic E-state index is 0. The quantitative estimate of drug-likeness (QED) is 0.257. The van der Waals surface area contributed by atoms with Crippen LogP contribution in [0.25, 0.3) is 0 Å². The lowest BCUT2D eigenvalue weighted by atomic mass is 9.87. The summed E-state index contributed by atoms with van der Waals surface area (Å²) in [5.74, 6) is 2.46. The lowest BCUT2D eigenvalue weighted by Crippen LogP contribution is -2.44. The standard InChI is InChI=1S/C18H35N3O2.HI/c1-3-19-18(21-17-7-5-15(2)6-8-17)20-10-4-11-22-13-16-9-12-23-14-16;/h15-17H,3-14H2,1-2H3,(H2,19,20,21);1H. The summed E-state index contributed by atoms with van der Waals surface area (Å²) < 4.78 is 11.1. The summed E-state index contributed by atoms with van der Waals surface area (Å²) in [4.78, 5) is 4.69. The maximum Gasteiger partial charge on any atom is 0.191 e. The molecule has 0 bridgehead atoms. The Morgan fingerprint density at radius 1 is 1.21 bits per heavy atom. The normalized spacial score (nSPS) is 27.6. The topological polar surface area (TPSA) is 54.9 Å². The second kappa shape index (κ2) is 13.2. The lowest BCUT2D eigenvalue weighted by molar-refractivity contribution is 0.0893. The van der Waals surface area contributed by atoms with Crippen molar-refractivity contribution < 1.29 is 9.47 Å². The largest absolute Gasteiger partial charge is 0.381 e. The molecule has 2 aliphatic rings. The molecule has 1 aliphatic heterocycles. The van der Waals surface area contributed by atoms with Gasteiger partial charge in [-0.25, -0.2) is 0 Å². The number of nitrogens with zero attached hydrogens (tertiary/aromatic N) is 1. The molecule has 2 rings (SSSR count). The Morgan fingerprint density at radius 3 is 2.67 bits per heavy atom. The van der Waals surface area contributed by atoms with E-state index in [1.54, 1.807) is 0 Å². The maximum atomic E-state index is 5.73. The highest BCUT2D eigenvalue weighted by molar-refractivity contribution is 14.0. The van der Waals surface area contributed by atoms with Crippen LogP contribution in [0.1, 0.15) is 52.4 Å². The fourth-order valence-corrected chi connectivity index (χ4v) is 3.24. The zero-order valence-corrected chi connectivity index (χ0v) is 17.7. The first-order valence-electron chi connectivity index (χ1n) is 9.48. The molecule has 142 valence electrons. The number of hydrogen-bond donors (Lipinski definition) is 2. The molecule has 24 heavy (non-hydrogen) atoms. The van der Waals surface area contributed by atoms with E-state index in [0.717, 1.165) is 64.2 Å². The second-order valence-corrected chi connectivity index (χ2v) is 7.02. The van der Waals surface area contributed by atoms with Crippen molar-refractivity contribution in [3.63, 3.8) is 0 Å². The SMILES string of the molecule is CCNC(=NCCCOCC1CCOC1)NC1CCC(C)CC1.I. The van der Waals surface area contributed by atoms with Gasteiger partial charge in [0.05, 0.1) is 13.2 Å². The second-order valence-electron chi connectivity index (χ2n) is 7.02. The third kappa shape index (κ3) is 8.85. The van der Waals surface area contributed by atoms with Gasteiger partial charge in [0.25, 0.3) is 0 Å². The molecule has 0 aromatic rings. The van der Waals surface area contributed by atoms with Crippen molar-refractivity contribution >= 4 is 29.9 Å². The molecule has 1 unspecified atom stereocenters. The Bertz CT molecular complexity index is 341. The van der Waals surface area contributed by atoms with Gasteiger partial charge < -0.3 is 20.1 Å². The zero-order valence-electron chi connectivity index (χ0n) is 15.4. The lowest BCUT2D eigenvalue weighted by Gasteiger charge is -2.28. The predicted octanol–water partition coefficient (Wildman–Crippen LogP) is 3.18.